The molecule has 0 radical (unpaired) electrons. The van der Waals surface area contributed by atoms with Crippen molar-refractivity contribution in [2.24, 2.45) is 5.92 Å². The molecule has 3 aromatic rings. The van der Waals surface area contributed by atoms with Gasteiger partial charge in [0.05, 0.1) is 29.7 Å². The van der Waals surface area contributed by atoms with Crippen molar-refractivity contribution in [3.05, 3.63) is 71.4 Å². The zero-order valence-electron chi connectivity index (χ0n) is 21.4. The first-order chi connectivity index (χ1) is 16.2. The second-order valence-electron chi connectivity index (χ2n) is 9.64. The summed E-state index contributed by atoms with van der Waals surface area (Å²) in [4.78, 5) is 2.24. The fraction of sp³-hybridized carbons (Fsp3) is 0.464. The van der Waals surface area contributed by atoms with Crippen molar-refractivity contribution in [3.8, 4) is 17.3 Å². The molecule has 184 valence electrons. The van der Waals surface area contributed by atoms with E-state index in [1.807, 2.05) is 60.1 Å². The van der Waals surface area contributed by atoms with Gasteiger partial charge in [0, 0.05) is 25.7 Å². The Morgan fingerprint density at radius 3 is 2.35 bits per heavy atom. The molecule has 0 amide bonds. The van der Waals surface area contributed by atoms with Crippen LogP contribution in [0.1, 0.15) is 44.5 Å². The number of aliphatic hydroxyl groups excluding tert-OH is 1. The van der Waals surface area contributed by atoms with E-state index in [4.69, 9.17) is 14.6 Å². The second kappa shape index (κ2) is 12.2. The van der Waals surface area contributed by atoms with Crippen molar-refractivity contribution in [1.29, 1.82) is 0 Å². The Morgan fingerprint density at radius 2 is 1.71 bits per heavy atom. The highest BCUT2D eigenvalue weighted by Gasteiger charge is 2.24. The Labute approximate surface area is 204 Å². The second-order valence-corrected chi connectivity index (χ2v) is 9.64. The van der Waals surface area contributed by atoms with Crippen LogP contribution in [0, 0.1) is 19.8 Å². The van der Waals surface area contributed by atoms with E-state index >= 15 is 0 Å². The number of rotatable bonds is 12. The topological polar surface area (TPSA) is 59.8 Å². The predicted molar refractivity (Wildman–Crippen MR) is 137 cm³/mol. The highest BCUT2D eigenvalue weighted by Crippen LogP contribution is 2.32. The SMILES string of the molecule is Cc1cccc(Oc2c(CN(C[C@@H](O)COCC(C)C)C(C)C)c(C)nn2-c2ccccc2)c1. The van der Waals surface area contributed by atoms with Crippen molar-refractivity contribution in [3.63, 3.8) is 0 Å². The fourth-order valence-corrected chi connectivity index (χ4v) is 3.78. The van der Waals surface area contributed by atoms with Gasteiger partial charge in [-0.05, 0) is 63.4 Å². The zero-order valence-corrected chi connectivity index (χ0v) is 21.4. The first-order valence-corrected chi connectivity index (χ1v) is 12.1. The molecule has 0 aliphatic heterocycles. The lowest BCUT2D eigenvalue weighted by Gasteiger charge is -2.29. The Bertz CT molecular complexity index is 1030. The average molecular weight is 466 g/mol. The number of nitrogens with zero attached hydrogens (tertiary/aromatic N) is 3. The molecule has 0 unspecified atom stereocenters. The van der Waals surface area contributed by atoms with E-state index in [0.717, 1.165) is 28.3 Å². The summed E-state index contributed by atoms with van der Waals surface area (Å²) in [6.45, 7) is 14.7. The lowest BCUT2D eigenvalue weighted by Crippen LogP contribution is -2.39. The number of aromatic nitrogens is 2. The fourth-order valence-electron chi connectivity index (χ4n) is 3.78. The van der Waals surface area contributed by atoms with Gasteiger partial charge in [-0.15, -0.1) is 0 Å². The first-order valence-electron chi connectivity index (χ1n) is 12.1. The number of para-hydroxylation sites is 1. The minimum absolute atomic E-state index is 0.228. The number of hydrogen-bond acceptors (Lipinski definition) is 5. The minimum Gasteiger partial charge on any atom is -0.439 e. The van der Waals surface area contributed by atoms with Crippen LogP contribution in [-0.2, 0) is 11.3 Å². The number of benzene rings is 2. The van der Waals surface area contributed by atoms with E-state index in [9.17, 15) is 5.11 Å². The summed E-state index contributed by atoms with van der Waals surface area (Å²) in [5.41, 5.74) is 3.99. The zero-order chi connectivity index (χ0) is 24.7. The van der Waals surface area contributed by atoms with Gasteiger partial charge in [-0.3, -0.25) is 4.90 Å². The van der Waals surface area contributed by atoms with Crippen LogP contribution in [0.2, 0.25) is 0 Å². The van der Waals surface area contributed by atoms with Crippen molar-refractivity contribution < 1.29 is 14.6 Å². The number of ether oxygens (including phenoxy) is 2. The average Bonchev–Trinajstić information content (AvgIpc) is 3.08. The molecule has 1 aromatic heterocycles. The Hall–Kier alpha value is -2.67. The maximum atomic E-state index is 10.6. The third-order valence-corrected chi connectivity index (χ3v) is 5.64. The van der Waals surface area contributed by atoms with Gasteiger partial charge in [0.1, 0.15) is 5.75 Å². The van der Waals surface area contributed by atoms with Crippen molar-refractivity contribution in [2.45, 2.75) is 60.2 Å². The van der Waals surface area contributed by atoms with Gasteiger partial charge in [0.25, 0.3) is 0 Å². The molecule has 2 aromatic carbocycles. The van der Waals surface area contributed by atoms with E-state index in [-0.39, 0.29) is 6.04 Å². The third kappa shape index (κ3) is 7.16. The molecule has 1 N–H and O–H groups in total. The van der Waals surface area contributed by atoms with Crippen LogP contribution in [0.5, 0.6) is 11.6 Å². The molecular weight excluding hydrogens is 426 g/mol. The summed E-state index contributed by atoms with van der Waals surface area (Å²) in [7, 11) is 0. The highest BCUT2D eigenvalue weighted by atomic mass is 16.5. The van der Waals surface area contributed by atoms with Gasteiger partial charge in [-0.25, -0.2) is 4.68 Å². The van der Waals surface area contributed by atoms with Crippen LogP contribution in [0.4, 0.5) is 0 Å². The minimum atomic E-state index is -0.563. The van der Waals surface area contributed by atoms with Crippen LogP contribution in [0.15, 0.2) is 54.6 Å². The van der Waals surface area contributed by atoms with Crippen LogP contribution in [-0.4, -0.2) is 51.7 Å². The molecule has 3 rings (SSSR count). The standard InChI is InChI=1S/C28H39N3O3/c1-20(2)18-33-19-25(32)16-30(21(3)4)17-27-23(6)29-31(24-12-8-7-9-13-24)28(27)34-26-14-10-11-22(5)15-26/h7-15,20-21,25,32H,16-19H2,1-6H3/t25-/m1/s1. The molecule has 0 saturated heterocycles. The molecular formula is C28H39N3O3. The van der Waals surface area contributed by atoms with Gasteiger partial charge in [0.2, 0.25) is 5.88 Å². The molecule has 0 saturated carbocycles. The van der Waals surface area contributed by atoms with E-state index in [0.29, 0.717) is 38.1 Å². The van der Waals surface area contributed by atoms with Crippen LogP contribution in [0.3, 0.4) is 0 Å². The van der Waals surface area contributed by atoms with E-state index in [1.165, 1.54) is 0 Å². The summed E-state index contributed by atoms with van der Waals surface area (Å²) in [6.07, 6.45) is -0.563. The van der Waals surface area contributed by atoms with Crippen molar-refractivity contribution in [2.75, 3.05) is 19.8 Å². The largest absolute Gasteiger partial charge is 0.439 e. The molecule has 34 heavy (non-hydrogen) atoms. The maximum absolute atomic E-state index is 10.6. The highest BCUT2D eigenvalue weighted by molar-refractivity contribution is 5.43. The van der Waals surface area contributed by atoms with E-state index in [1.54, 1.807) is 0 Å². The van der Waals surface area contributed by atoms with Crippen LogP contribution >= 0.6 is 0 Å². The molecule has 0 bridgehead atoms. The predicted octanol–water partition coefficient (Wildman–Crippen LogP) is 5.53. The van der Waals surface area contributed by atoms with E-state index in [2.05, 4.69) is 45.6 Å². The normalized spacial score (nSPS) is 12.6. The van der Waals surface area contributed by atoms with E-state index < -0.39 is 6.10 Å². The van der Waals surface area contributed by atoms with Crippen molar-refractivity contribution >= 4 is 0 Å². The van der Waals surface area contributed by atoms with Crippen LogP contribution in [0.25, 0.3) is 5.69 Å². The Balaban J connectivity index is 1.90. The van der Waals surface area contributed by atoms with Gasteiger partial charge < -0.3 is 14.6 Å². The maximum Gasteiger partial charge on any atom is 0.227 e. The first kappa shape index (κ1) is 25.9. The molecule has 0 fully saturated rings. The van der Waals surface area contributed by atoms with Gasteiger partial charge in [-0.1, -0.05) is 44.2 Å². The van der Waals surface area contributed by atoms with Gasteiger partial charge in [-0.2, -0.15) is 5.10 Å². The van der Waals surface area contributed by atoms with Gasteiger partial charge >= 0.3 is 0 Å². The third-order valence-electron chi connectivity index (χ3n) is 5.64. The summed E-state index contributed by atoms with van der Waals surface area (Å²) >= 11 is 0. The molecule has 6 heteroatoms. The Morgan fingerprint density at radius 1 is 0.971 bits per heavy atom. The molecule has 6 nitrogen and oxygen atoms in total. The summed E-state index contributed by atoms with van der Waals surface area (Å²) in [5, 5.41) is 15.5. The quantitative estimate of drug-likeness (QED) is 0.381. The summed E-state index contributed by atoms with van der Waals surface area (Å²) in [6, 6.07) is 18.3. The smallest absolute Gasteiger partial charge is 0.227 e. The number of hydrogen-bond donors (Lipinski definition) is 1. The summed E-state index contributed by atoms with van der Waals surface area (Å²) in [5.74, 6) is 1.92. The van der Waals surface area contributed by atoms with Gasteiger partial charge in [0.15, 0.2) is 0 Å². The number of aryl methyl sites for hydroxylation is 2. The summed E-state index contributed by atoms with van der Waals surface area (Å²) < 4.78 is 14.0. The number of aliphatic hydroxyl groups is 1. The molecule has 1 atom stereocenters. The molecule has 0 aliphatic carbocycles. The molecule has 1 heterocycles. The Kier molecular flexibility index (Phi) is 9.28. The monoisotopic (exact) mass is 465 g/mol. The lowest BCUT2D eigenvalue weighted by molar-refractivity contribution is 0.00161. The molecule has 0 aliphatic rings. The molecule has 0 spiro atoms. The van der Waals surface area contributed by atoms with Crippen LogP contribution < -0.4 is 4.74 Å². The van der Waals surface area contributed by atoms with Crippen molar-refractivity contribution in [1.82, 2.24) is 14.7 Å². The lowest BCUT2D eigenvalue weighted by atomic mass is 10.1.